The van der Waals surface area contributed by atoms with E-state index in [1.165, 1.54) is 4.90 Å². The Balaban J connectivity index is 1.77. The van der Waals surface area contributed by atoms with Crippen LogP contribution in [-0.4, -0.2) is 53.5 Å². The van der Waals surface area contributed by atoms with E-state index in [-0.39, 0.29) is 12.5 Å². The van der Waals surface area contributed by atoms with Crippen LogP contribution in [0.1, 0.15) is 54.7 Å². The van der Waals surface area contributed by atoms with Gasteiger partial charge in [0.2, 0.25) is 0 Å². The molecule has 1 saturated heterocycles. The summed E-state index contributed by atoms with van der Waals surface area (Å²) >= 11 is 0. The zero-order valence-electron chi connectivity index (χ0n) is 17.8. The Morgan fingerprint density at radius 2 is 1.90 bits per heavy atom. The van der Waals surface area contributed by atoms with E-state index in [0.717, 1.165) is 29.6 Å². The van der Waals surface area contributed by atoms with Crippen LogP contribution in [0.2, 0.25) is 0 Å². The average molecular weight is 412 g/mol. The number of piperidine rings is 1. The zero-order chi connectivity index (χ0) is 21.7. The van der Waals surface area contributed by atoms with Crippen molar-refractivity contribution in [3.63, 3.8) is 0 Å². The summed E-state index contributed by atoms with van der Waals surface area (Å²) < 4.78 is 10.5. The fourth-order valence-electron chi connectivity index (χ4n) is 3.96. The highest BCUT2D eigenvalue weighted by Crippen LogP contribution is 2.25. The normalized spacial score (nSPS) is 16.4. The Labute approximate surface area is 176 Å². The van der Waals surface area contributed by atoms with Crippen molar-refractivity contribution in [3.8, 4) is 0 Å². The van der Waals surface area contributed by atoms with Gasteiger partial charge in [-0.1, -0.05) is 25.1 Å². The molecular weight excluding hydrogens is 384 g/mol. The van der Waals surface area contributed by atoms with Crippen LogP contribution in [0.3, 0.4) is 0 Å². The van der Waals surface area contributed by atoms with Crippen LogP contribution in [0.15, 0.2) is 24.3 Å². The fourth-order valence-corrected chi connectivity index (χ4v) is 3.96. The summed E-state index contributed by atoms with van der Waals surface area (Å²) in [6, 6.07) is 6.78. The Morgan fingerprint density at radius 3 is 2.63 bits per heavy atom. The summed E-state index contributed by atoms with van der Waals surface area (Å²) in [5, 5.41) is 0.701. The molecule has 2 aromatic rings. The number of para-hydroxylation sites is 1. The average Bonchev–Trinajstić information content (AvgIpc) is 2.77. The molecule has 0 radical (unpaired) electrons. The monoisotopic (exact) mass is 412 g/mol. The number of benzene rings is 1. The van der Waals surface area contributed by atoms with Gasteiger partial charge in [0.1, 0.15) is 6.04 Å². The number of fused-ring (bicyclic) bond motifs is 1. The first-order valence-corrected chi connectivity index (χ1v) is 10.5. The first-order valence-electron chi connectivity index (χ1n) is 10.5. The van der Waals surface area contributed by atoms with Crippen molar-refractivity contribution in [3.05, 3.63) is 41.1 Å². The van der Waals surface area contributed by atoms with Crippen LogP contribution >= 0.6 is 0 Å². The van der Waals surface area contributed by atoms with Crippen LogP contribution in [0.25, 0.3) is 10.9 Å². The Bertz CT molecular complexity index is 956. The summed E-state index contributed by atoms with van der Waals surface area (Å²) in [6.45, 7) is 5.87. The van der Waals surface area contributed by atoms with Gasteiger partial charge in [0.25, 0.3) is 5.91 Å². The lowest BCUT2D eigenvalue weighted by atomic mass is 10.0. The molecule has 1 fully saturated rings. The van der Waals surface area contributed by atoms with E-state index < -0.39 is 24.6 Å². The third-order valence-electron chi connectivity index (χ3n) is 5.48. The Morgan fingerprint density at radius 1 is 1.13 bits per heavy atom. The summed E-state index contributed by atoms with van der Waals surface area (Å²) in [4.78, 5) is 44.0. The molecule has 1 amide bonds. The van der Waals surface area contributed by atoms with Crippen LogP contribution in [0.4, 0.5) is 0 Å². The van der Waals surface area contributed by atoms with Gasteiger partial charge in [0.15, 0.2) is 6.61 Å². The number of esters is 2. The van der Waals surface area contributed by atoms with Crippen LogP contribution in [0, 0.1) is 6.92 Å². The van der Waals surface area contributed by atoms with Crippen molar-refractivity contribution in [1.82, 2.24) is 9.88 Å². The lowest BCUT2D eigenvalue weighted by Crippen LogP contribution is -2.50. The molecular formula is C23H28N2O5. The van der Waals surface area contributed by atoms with E-state index in [9.17, 15) is 14.4 Å². The summed E-state index contributed by atoms with van der Waals surface area (Å²) in [5.41, 5.74) is 2.74. The topological polar surface area (TPSA) is 85.8 Å². The minimum absolute atomic E-state index is 0.264. The van der Waals surface area contributed by atoms with Crippen molar-refractivity contribution in [1.29, 1.82) is 0 Å². The molecule has 160 valence electrons. The Kier molecular flexibility index (Phi) is 7.03. The van der Waals surface area contributed by atoms with Gasteiger partial charge in [0, 0.05) is 17.6 Å². The third kappa shape index (κ3) is 4.45. The number of aryl methyl sites for hydroxylation is 1. The lowest BCUT2D eigenvalue weighted by Gasteiger charge is -2.33. The molecule has 0 spiro atoms. The molecule has 1 aliphatic heterocycles. The van der Waals surface area contributed by atoms with Gasteiger partial charge in [-0.05, 0) is 51.2 Å². The van der Waals surface area contributed by atoms with Gasteiger partial charge in [0.05, 0.1) is 17.7 Å². The minimum Gasteiger partial charge on any atom is -0.464 e. The number of hydrogen-bond acceptors (Lipinski definition) is 6. The number of carbonyl (C=O) groups is 3. The molecule has 1 aromatic heterocycles. The van der Waals surface area contributed by atoms with E-state index in [2.05, 4.69) is 4.98 Å². The maximum absolute atomic E-state index is 12.9. The van der Waals surface area contributed by atoms with Crippen molar-refractivity contribution < 1.29 is 23.9 Å². The quantitative estimate of drug-likeness (QED) is 0.678. The summed E-state index contributed by atoms with van der Waals surface area (Å²) in [5.74, 6) is -1.34. The highest BCUT2D eigenvalue weighted by Gasteiger charge is 2.33. The van der Waals surface area contributed by atoms with E-state index in [4.69, 9.17) is 9.47 Å². The van der Waals surface area contributed by atoms with Gasteiger partial charge in [-0.3, -0.25) is 9.78 Å². The van der Waals surface area contributed by atoms with Crippen LogP contribution < -0.4 is 0 Å². The second-order valence-electron chi connectivity index (χ2n) is 7.36. The molecule has 30 heavy (non-hydrogen) atoms. The van der Waals surface area contributed by atoms with E-state index in [1.54, 1.807) is 6.92 Å². The number of amides is 1. The first kappa shape index (κ1) is 21.7. The number of ether oxygens (including phenoxy) is 2. The summed E-state index contributed by atoms with van der Waals surface area (Å²) in [7, 11) is 0. The molecule has 7 nitrogen and oxygen atoms in total. The minimum atomic E-state index is -0.611. The molecule has 1 atom stereocenters. The molecule has 0 unspecified atom stereocenters. The highest BCUT2D eigenvalue weighted by atomic mass is 16.5. The second-order valence-corrected chi connectivity index (χ2v) is 7.36. The first-order chi connectivity index (χ1) is 14.5. The van der Waals surface area contributed by atoms with Gasteiger partial charge >= 0.3 is 11.9 Å². The van der Waals surface area contributed by atoms with Gasteiger partial charge < -0.3 is 14.4 Å². The van der Waals surface area contributed by atoms with Gasteiger partial charge in [-0.15, -0.1) is 0 Å². The predicted molar refractivity (Wildman–Crippen MR) is 112 cm³/mol. The van der Waals surface area contributed by atoms with Crippen molar-refractivity contribution in [2.45, 2.75) is 52.5 Å². The number of nitrogens with zero attached hydrogens (tertiary/aromatic N) is 2. The summed E-state index contributed by atoms with van der Waals surface area (Å²) in [6.07, 6.45) is 2.91. The maximum Gasteiger partial charge on any atom is 0.339 e. The molecule has 2 heterocycles. The lowest BCUT2D eigenvalue weighted by molar-refractivity contribution is -0.157. The Hall–Kier alpha value is -2.96. The molecule has 0 saturated carbocycles. The molecule has 1 aliphatic rings. The number of aromatic nitrogens is 1. The second kappa shape index (κ2) is 9.69. The number of carbonyl (C=O) groups excluding carboxylic acids is 3. The van der Waals surface area contributed by atoms with Crippen molar-refractivity contribution >= 4 is 28.7 Å². The van der Waals surface area contributed by atoms with Gasteiger partial charge in [-0.25, -0.2) is 9.59 Å². The smallest absolute Gasteiger partial charge is 0.339 e. The molecule has 0 bridgehead atoms. The van der Waals surface area contributed by atoms with Crippen LogP contribution in [-0.2, 0) is 25.5 Å². The van der Waals surface area contributed by atoms with Gasteiger partial charge in [-0.2, -0.15) is 0 Å². The van der Waals surface area contributed by atoms with E-state index in [0.29, 0.717) is 30.3 Å². The molecule has 0 aliphatic carbocycles. The highest BCUT2D eigenvalue weighted by molar-refractivity contribution is 6.05. The fraction of sp³-hybridized carbons (Fsp3) is 0.478. The van der Waals surface area contributed by atoms with Crippen molar-refractivity contribution in [2.24, 2.45) is 0 Å². The zero-order valence-corrected chi connectivity index (χ0v) is 17.8. The largest absolute Gasteiger partial charge is 0.464 e. The maximum atomic E-state index is 12.9. The van der Waals surface area contributed by atoms with Crippen molar-refractivity contribution in [2.75, 3.05) is 19.8 Å². The number of pyridine rings is 1. The van der Waals surface area contributed by atoms with E-state index >= 15 is 0 Å². The molecule has 3 rings (SSSR count). The standard InChI is InChI=1S/C23H28N2O5/c1-4-17-15(3)21(16-10-6-7-11-18(16)24-17)23(28)30-14-20(26)25-13-9-8-12-19(25)22(27)29-5-2/h6-7,10-11,19H,4-5,8-9,12-14H2,1-3H3/t19-/m0/s1. The number of hydrogen-bond donors (Lipinski definition) is 0. The predicted octanol–water partition coefficient (Wildman–Crippen LogP) is 3.21. The van der Waals surface area contributed by atoms with Crippen LogP contribution in [0.5, 0.6) is 0 Å². The number of likely N-dealkylation sites (tertiary alicyclic amines) is 1. The van der Waals surface area contributed by atoms with E-state index in [1.807, 2.05) is 38.1 Å². The number of rotatable bonds is 6. The SMILES string of the molecule is CCOC(=O)[C@@H]1CCCCN1C(=O)COC(=O)c1c(C)c(CC)nc2ccccc12. The molecule has 1 aromatic carbocycles. The molecule has 0 N–H and O–H groups in total. The molecule has 7 heteroatoms. The third-order valence-corrected chi connectivity index (χ3v) is 5.48.